The summed E-state index contributed by atoms with van der Waals surface area (Å²) in [5.41, 5.74) is 8.97. The number of rotatable bonds is 4. The van der Waals surface area contributed by atoms with Gasteiger partial charge in [-0.25, -0.2) is 8.42 Å². The Hall–Kier alpha value is -2.08. The Balaban J connectivity index is 2.12. The van der Waals surface area contributed by atoms with Crippen molar-refractivity contribution in [3.05, 3.63) is 47.8 Å². The summed E-state index contributed by atoms with van der Waals surface area (Å²) in [5.74, 6) is 0. The lowest BCUT2D eigenvalue weighted by molar-refractivity contribution is 0.602. The zero-order valence-electron chi connectivity index (χ0n) is 11.4. The number of nitrogens with zero attached hydrogens (tertiary/aromatic N) is 1. The molecule has 20 heavy (non-hydrogen) atoms. The van der Waals surface area contributed by atoms with Crippen LogP contribution in [0.3, 0.4) is 0 Å². The van der Waals surface area contributed by atoms with Gasteiger partial charge in [0, 0.05) is 24.7 Å². The molecule has 0 atom stereocenters. The van der Waals surface area contributed by atoms with Crippen molar-refractivity contribution >= 4 is 21.2 Å². The first kappa shape index (κ1) is 14.3. The van der Waals surface area contributed by atoms with Gasteiger partial charge < -0.3 is 11.1 Å². The summed E-state index contributed by atoms with van der Waals surface area (Å²) in [6.07, 6.45) is 2.95. The molecule has 3 N–H and O–H groups in total. The van der Waals surface area contributed by atoms with Crippen LogP contribution in [0.15, 0.2) is 41.4 Å². The minimum absolute atomic E-state index is 0.220. The largest absolute Gasteiger partial charge is 0.397 e. The predicted molar refractivity (Wildman–Crippen MR) is 80.3 cm³/mol. The number of aromatic nitrogens is 1. The molecule has 0 radical (unpaired) electrons. The van der Waals surface area contributed by atoms with Crippen LogP contribution >= 0.6 is 0 Å². The third kappa shape index (κ3) is 3.48. The Morgan fingerprint density at radius 2 is 2.00 bits per heavy atom. The fourth-order valence-electron chi connectivity index (χ4n) is 1.73. The third-order valence-electron chi connectivity index (χ3n) is 2.91. The van der Waals surface area contributed by atoms with Crippen molar-refractivity contribution in [1.82, 2.24) is 4.98 Å². The van der Waals surface area contributed by atoms with E-state index in [1.807, 2.05) is 19.1 Å². The van der Waals surface area contributed by atoms with E-state index in [1.165, 1.54) is 6.07 Å². The Bertz CT molecular complexity index is 710. The van der Waals surface area contributed by atoms with Crippen LogP contribution in [0.2, 0.25) is 0 Å². The molecule has 0 aliphatic rings. The fourth-order valence-corrected chi connectivity index (χ4v) is 2.39. The highest BCUT2D eigenvalue weighted by molar-refractivity contribution is 7.90. The SMILES string of the molecule is Cc1ccc(CNc2ccc(S(C)(=O)=O)cc2N)cn1. The number of nitrogen functional groups attached to an aromatic ring is 1. The molecule has 2 rings (SSSR count). The summed E-state index contributed by atoms with van der Waals surface area (Å²) >= 11 is 0. The van der Waals surface area contributed by atoms with Crippen molar-refractivity contribution in [2.75, 3.05) is 17.3 Å². The number of hydrogen-bond acceptors (Lipinski definition) is 5. The summed E-state index contributed by atoms with van der Waals surface area (Å²) in [6.45, 7) is 2.51. The Morgan fingerprint density at radius 3 is 2.55 bits per heavy atom. The topological polar surface area (TPSA) is 85.1 Å². The van der Waals surface area contributed by atoms with Gasteiger partial charge in [0.1, 0.15) is 0 Å². The van der Waals surface area contributed by atoms with Gasteiger partial charge in [-0.2, -0.15) is 0 Å². The summed E-state index contributed by atoms with van der Waals surface area (Å²) in [5, 5.41) is 3.17. The van der Waals surface area contributed by atoms with E-state index in [0.717, 1.165) is 17.5 Å². The van der Waals surface area contributed by atoms with Crippen LogP contribution in [-0.4, -0.2) is 19.7 Å². The molecule has 1 aromatic heterocycles. The first-order valence-corrected chi connectivity index (χ1v) is 8.00. The predicted octanol–water partition coefficient (Wildman–Crippen LogP) is 1.99. The Kier molecular flexibility index (Phi) is 3.94. The van der Waals surface area contributed by atoms with E-state index in [2.05, 4.69) is 10.3 Å². The number of hydrogen-bond donors (Lipinski definition) is 2. The molecule has 0 spiro atoms. The number of sulfone groups is 1. The molecule has 0 saturated carbocycles. The van der Waals surface area contributed by atoms with Gasteiger partial charge in [-0.1, -0.05) is 6.07 Å². The monoisotopic (exact) mass is 291 g/mol. The van der Waals surface area contributed by atoms with Gasteiger partial charge >= 0.3 is 0 Å². The average Bonchev–Trinajstić information content (AvgIpc) is 2.38. The number of aryl methyl sites for hydroxylation is 1. The normalized spacial score (nSPS) is 11.3. The van der Waals surface area contributed by atoms with Gasteiger partial charge in [0.15, 0.2) is 9.84 Å². The zero-order valence-corrected chi connectivity index (χ0v) is 12.2. The van der Waals surface area contributed by atoms with Crippen molar-refractivity contribution in [1.29, 1.82) is 0 Å². The van der Waals surface area contributed by atoms with Gasteiger partial charge in [-0.05, 0) is 36.8 Å². The van der Waals surface area contributed by atoms with E-state index >= 15 is 0 Å². The van der Waals surface area contributed by atoms with Gasteiger partial charge in [0.2, 0.25) is 0 Å². The highest BCUT2D eigenvalue weighted by atomic mass is 32.2. The average molecular weight is 291 g/mol. The van der Waals surface area contributed by atoms with Gasteiger partial charge in [-0.3, -0.25) is 4.98 Å². The van der Waals surface area contributed by atoms with E-state index in [9.17, 15) is 8.42 Å². The van der Waals surface area contributed by atoms with E-state index in [-0.39, 0.29) is 4.90 Å². The summed E-state index contributed by atoms with van der Waals surface area (Å²) < 4.78 is 22.8. The second-order valence-corrected chi connectivity index (χ2v) is 6.70. The Morgan fingerprint density at radius 1 is 1.25 bits per heavy atom. The molecular formula is C14H17N3O2S. The van der Waals surface area contributed by atoms with Crippen molar-refractivity contribution in [2.45, 2.75) is 18.4 Å². The van der Waals surface area contributed by atoms with Gasteiger partial charge in [0.05, 0.1) is 16.3 Å². The lowest BCUT2D eigenvalue weighted by Gasteiger charge is -2.10. The van der Waals surface area contributed by atoms with Gasteiger partial charge in [-0.15, -0.1) is 0 Å². The lowest BCUT2D eigenvalue weighted by Crippen LogP contribution is -2.05. The number of pyridine rings is 1. The molecule has 0 fully saturated rings. The second-order valence-electron chi connectivity index (χ2n) is 4.68. The summed E-state index contributed by atoms with van der Waals surface area (Å²) in [4.78, 5) is 4.43. The summed E-state index contributed by atoms with van der Waals surface area (Å²) in [6, 6.07) is 8.60. The first-order valence-electron chi connectivity index (χ1n) is 6.11. The molecule has 1 heterocycles. The summed E-state index contributed by atoms with van der Waals surface area (Å²) in [7, 11) is -3.23. The van der Waals surface area contributed by atoms with Crippen LogP contribution in [0.4, 0.5) is 11.4 Å². The van der Waals surface area contributed by atoms with Crippen LogP contribution in [0.5, 0.6) is 0 Å². The molecule has 0 amide bonds. The van der Waals surface area contributed by atoms with Crippen LogP contribution in [0.25, 0.3) is 0 Å². The minimum atomic E-state index is -3.23. The van der Waals surface area contributed by atoms with E-state index in [4.69, 9.17) is 5.73 Å². The van der Waals surface area contributed by atoms with Crippen LogP contribution in [0.1, 0.15) is 11.3 Å². The number of nitrogens with one attached hydrogen (secondary N) is 1. The molecular weight excluding hydrogens is 274 g/mol. The molecule has 2 aromatic rings. The molecule has 106 valence electrons. The lowest BCUT2D eigenvalue weighted by atomic mass is 10.2. The smallest absolute Gasteiger partial charge is 0.175 e. The fraction of sp³-hybridized carbons (Fsp3) is 0.214. The van der Waals surface area contributed by atoms with Crippen LogP contribution < -0.4 is 11.1 Å². The number of benzene rings is 1. The molecule has 0 aliphatic heterocycles. The quantitative estimate of drug-likeness (QED) is 0.841. The third-order valence-corrected chi connectivity index (χ3v) is 4.02. The molecule has 0 bridgehead atoms. The maximum Gasteiger partial charge on any atom is 0.175 e. The van der Waals surface area contributed by atoms with Crippen LogP contribution in [-0.2, 0) is 16.4 Å². The van der Waals surface area contributed by atoms with E-state index in [1.54, 1.807) is 18.3 Å². The maximum atomic E-state index is 11.4. The first-order chi connectivity index (χ1) is 9.36. The van der Waals surface area contributed by atoms with Crippen molar-refractivity contribution in [2.24, 2.45) is 0 Å². The van der Waals surface area contributed by atoms with E-state index in [0.29, 0.717) is 17.9 Å². The van der Waals surface area contributed by atoms with Crippen molar-refractivity contribution < 1.29 is 8.42 Å². The standard InChI is InChI=1S/C14H17N3O2S/c1-10-3-4-11(8-16-10)9-17-14-6-5-12(7-13(14)15)20(2,18)19/h3-8,17H,9,15H2,1-2H3. The molecule has 0 unspecified atom stereocenters. The molecule has 5 nitrogen and oxygen atoms in total. The molecule has 1 aromatic carbocycles. The van der Waals surface area contributed by atoms with Gasteiger partial charge in [0.25, 0.3) is 0 Å². The molecule has 0 aliphatic carbocycles. The van der Waals surface area contributed by atoms with Crippen LogP contribution in [0, 0.1) is 6.92 Å². The zero-order chi connectivity index (χ0) is 14.8. The number of anilines is 2. The minimum Gasteiger partial charge on any atom is -0.397 e. The second kappa shape index (κ2) is 5.50. The maximum absolute atomic E-state index is 11.4. The highest BCUT2D eigenvalue weighted by Crippen LogP contribution is 2.23. The molecule has 6 heteroatoms. The Labute approximate surface area is 118 Å². The highest BCUT2D eigenvalue weighted by Gasteiger charge is 2.09. The van der Waals surface area contributed by atoms with Crippen molar-refractivity contribution in [3.8, 4) is 0 Å². The van der Waals surface area contributed by atoms with E-state index < -0.39 is 9.84 Å². The number of nitrogens with two attached hydrogens (primary N) is 1. The van der Waals surface area contributed by atoms with Crippen molar-refractivity contribution in [3.63, 3.8) is 0 Å². The molecule has 0 saturated heterocycles.